The monoisotopic (exact) mass is 208 g/mol. The molecule has 3 heteroatoms. The zero-order valence-electron chi connectivity index (χ0n) is 9.61. The van der Waals surface area contributed by atoms with E-state index >= 15 is 0 Å². The van der Waals surface area contributed by atoms with E-state index < -0.39 is 0 Å². The summed E-state index contributed by atoms with van der Waals surface area (Å²) in [4.78, 5) is 4.54. The highest BCUT2D eigenvalue weighted by atomic mass is 19.0. The molecule has 2 aromatic rings. The van der Waals surface area contributed by atoms with E-state index in [0.717, 1.165) is 11.3 Å². The van der Waals surface area contributed by atoms with Crippen molar-refractivity contribution in [2.45, 2.75) is 33.2 Å². The smallest absolute Gasteiger partial charge is 0.107 e. The Morgan fingerprint density at radius 1 is 1.13 bits per heavy atom. The van der Waals surface area contributed by atoms with E-state index in [9.17, 15) is 0 Å². The molecule has 0 unspecified atom stereocenters. The highest BCUT2D eigenvalue weighted by molar-refractivity contribution is 5.76. The largest absolute Gasteiger partial charge is 0.323 e. The summed E-state index contributed by atoms with van der Waals surface area (Å²) in [6, 6.07) is 8.28. The molecule has 0 radical (unpaired) electrons. The highest BCUT2D eigenvalue weighted by Gasteiger charge is 2.18. The molecule has 0 aliphatic rings. The molecular formula is C12H17FN2. The van der Waals surface area contributed by atoms with Crippen LogP contribution in [0.3, 0.4) is 0 Å². The van der Waals surface area contributed by atoms with Crippen LogP contribution in [0.5, 0.6) is 0 Å². The summed E-state index contributed by atoms with van der Waals surface area (Å²) in [5.74, 6) is 1.08. The fraction of sp³-hybridized carbons (Fsp3) is 0.417. The van der Waals surface area contributed by atoms with Gasteiger partial charge in [0, 0.05) is 5.54 Å². The first kappa shape index (κ1) is 11.7. The molecule has 2 rings (SSSR count). The van der Waals surface area contributed by atoms with Gasteiger partial charge in [-0.2, -0.15) is 0 Å². The lowest BCUT2D eigenvalue weighted by atomic mass is 10.1. The number of aryl methyl sites for hydroxylation is 1. The number of fused-ring (bicyclic) bond motifs is 1. The van der Waals surface area contributed by atoms with Gasteiger partial charge in [0.1, 0.15) is 5.82 Å². The summed E-state index contributed by atoms with van der Waals surface area (Å²) in [6.07, 6.45) is 0. The molecular weight excluding hydrogens is 191 g/mol. The average molecular weight is 208 g/mol. The number of imidazole rings is 1. The van der Waals surface area contributed by atoms with Crippen LogP contribution in [0.4, 0.5) is 4.70 Å². The van der Waals surface area contributed by atoms with Crippen LogP contribution in [0.1, 0.15) is 26.6 Å². The Bertz CT molecular complexity index is 466. The Balaban J connectivity index is 0.00000112. The molecule has 82 valence electrons. The van der Waals surface area contributed by atoms with Crippen molar-refractivity contribution in [1.82, 2.24) is 9.55 Å². The minimum Gasteiger partial charge on any atom is -0.323 e. The molecule has 1 aromatic heterocycles. The van der Waals surface area contributed by atoms with Crippen molar-refractivity contribution in [3.05, 3.63) is 30.1 Å². The Hall–Kier alpha value is -1.38. The standard InChI is InChI=1S/C12H16N2.FH/c1-9-13-10-7-5-6-8-11(10)14(9)12(2,3)4;/h5-8H,1-4H3;1H. The lowest BCUT2D eigenvalue weighted by Crippen LogP contribution is -2.22. The Morgan fingerprint density at radius 2 is 1.73 bits per heavy atom. The molecule has 0 atom stereocenters. The van der Waals surface area contributed by atoms with Crippen molar-refractivity contribution in [2.24, 2.45) is 0 Å². The van der Waals surface area contributed by atoms with Gasteiger partial charge in [0.05, 0.1) is 11.0 Å². The summed E-state index contributed by atoms with van der Waals surface area (Å²) in [5, 5.41) is 0. The molecule has 0 aliphatic carbocycles. The third-order valence-corrected chi connectivity index (χ3v) is 2.40. The van der Waals surface area contributed by atoms with Gasteiger partial charge < -0.3 is 4.57 Å². The van der Waals surface area contributed by atoms with Crippen molar-refractivity contribution >= 4 is 11.0 Å². The van der Waals surface area contributed by atoms with Gasteiger partial charge in [0.25, 0.3) is 0 Å². The third kappa shape index (κ3) is 1.87. The van der Waals surface area contributed by atoms with Gasteiger partial charge in [0.2, 0.25) is 0 Å². The minimum atomic E-state index is 0. The zero-order chi connectivity index (χ0) is 10.3. The average Bonchev–Trinajstić information content (AvgIpc) is 2.38. The number of halogens is 1. The number of benzene rings is 1. The number of hydrogen-bond acceptors (Lipinski definition) is 1. The van der Waals surface area contributed by atoms with Crippen LogP contribution in [0, 0.1) is 6.92 Å². The zero-order valence-corrected chi connectivity index (χ0v) is 9.61. The van der Waals surface area contributed by atoms with E-state index in [2.05, 4.69) is 55.4 Å². The van der Waals surface area contributed by atoms with Crippen LogP contribution in [-0.4, -0.2) is 9.55 Å². The Kier molecular flexibility index (Phi) is 2.84. The number of para-hydroxylation sites is 2. The van der Waals surface area contributed by atoms with Crippen molar-refractivity contribution in [1.29, 1.82) is 0 Å². The topological polar surface area (TPSA) is 17.8 Å². The van der Waals surface area contributed by atoms with Gasteiger partial charge in [-0.05, 0) is 39.8 Å². The van der Waals surface area contributed by atoms with Gasteiger partial charge in [-0.15, -0.1) is 0 Å². The van der Waals surface area contributed by atoms with Crippen molar-refractivity contribution in [2.75, 3.05) is 0 Å². The normalized spacial score (nSPS) is 11.5. The molecule has 0 spiro atoms. The quantitative estimate of drug-likeness (QED) is 0.649. The number of hydrogen-bond donors (Lipinski definition) is 0. The first-order valence-corrected chi connectivity index (χ1v) is 4.95. The summed E-state index contributed by atoms with van der Waals surface area (Å²) < 4.78 is 2.28. The van der Waals surface area contributed by atoms with E-state index in [1.54, 1.807) is 0 Å². The van der Waals surface area contributed by atoms with Gasteiger partial charge >= 0.3 is 0 Å². The lowest BCUT2D eigenvalue weighted by molar-refractivity contribution is 0.400. The van der Waals surface area contributed by atoms with Crippen LogP contribution >= 0.6 is 0 Å². The molecule has 0 aliphatic heterocycles. The molecule has 0 bridgehead atoms. The second-order valence-corrected chi connectivity index (χ2v) is 4.65. The van der Waals surface area contributed by atoms with Crippen molar-refractivity contribution in [3.63, 3.8) is 0 Å². The molecule has 0 amide bonds. The van der Waals surface area contributed by atoms with Gasteiger partial charge in [-0.3, -0.25) is 4.70 Å². The van der Waals surface area contributed by atoms with E-state index in [-0.39, 0.29) is 10.2 Å². The number of rotatable bonds is 0. The highest BCUT2D eigenvalue weighted by Crippen LogP contribution is 2.24. The van der Waals surface area contributed by atoms with E-state index in [4.69, 9.17) is 0 Å². The Labute approximate surface area is 89.3 Å². The first-order chi connectivity index (χ1) is 6.50. The molecule has 1 heterocycles. The fourth-order valence-corrected chi connectivity index (χ4v) is 1.99. The predicted molar refractivity (Wildman–Crippen MR) is 62.0 cm³/mol. The Morgan fingerprint density at radius 3 is 2.33 bits per heavy atom. The molecule has 0 saturated carbocycles. The maximum atomic E-state index is 4.54. The van der Waals surface area contributed by atoms with E-state index in [0.29, 0.717) is 0 Å². The van der Waals surface area contributed by atoms with Crippen LogP contribution in [0.15, 0.2) is 24.3 Å². The first-order valence-electron chi connectivity index (χ1n) is 4.95. The predicted octanol–water partition coefficient (Wildman–Crippen LogP) is 3.25. The second-order valence-electron chi connectivity index (χ2n) is 4.65. The van der Waals surface area contributed by atoms with Gasteiger partial charge in [-0.25, -0.2) is 4.98 Å². The maximum Gasteiger partial charge on any atom is 0.107 e. The molecule has 0 N–H and O–H groups in total. The molecule has 15 heavy (non-hydrogen) atoms. The fourth-order valence-electron chi connectivity index (χ4n) is 1.99. The summed E-state index contributed by atoms with van der Waals surface area (Å²) >= 11 is 0. The number of nitrogens with zero attached hydrogens (tertiary/aromatic N) is 2. The van der Waals surface area contributed by atoms with Crippen LogP contribution in [0.2, 0.25) is 0 Å². The molecule has 0 saturated heterocycles. The molecule has 0 fully saturated rings. The summed E-state index contributed by atoms with van der Waals surface area (Å²) in [5.41, 5.74) is 2.40. The minimum absolute atomic E-state index is 0. The van der Waals surface area contributed by atoms with Crippen molar-refractivity contribution in [3.8, 4) is 0 Å². The summed E-state index contributed by atoms with van der Waals surface area (Å²) in [7, 11) is 0. The number of aromatic nitrogens is 2. The van der Waals surface area contributed by atoms with Crippen LogP contribution < -0.4 is 0 Å². The van der Waals surface area contributed by atoms with E-state index in [1.807, 2.05) is 6.07 Å². The lowest BCUT2D eigenvalue weighted by Gasteiger charge is -2.23. The summed E-state index contributed by atoms with van der Waals surface area (Å²) in [6.45, 7) is 8.67. The van der Waals surface area contributed by atoms with Crippen LogP contribution in [-0.2, 0) is 5.54 Å². The maximum absolute atomic E-state index is 4.54. The molecule has 2 nitrogen and oxygen atoms in total. The van der Waals surface area contributed by atoms with E-state index in [1.165, 1.54) is 5.52 Å². The SMILES string of the molecule is Cc1nc2ccccc2n1C(C)(C)C.F. The van der Waals surface area contributed by atoms with Crippen LogP contribution in [0.25, 0.3) is 11.0 Å². The van der Waals surface area contributed by atoms with Gasteiger partial charge in [-0.1, -0.05) is 12.1 Å². The van der Waals surface area contributed by atoms with Crippen molar-refractivity contribution < 1.29 is 4.70 Å². The van der Waals surface area contributed by atoms with Gasteiger partial charge in [0.15, 0.2) is 0 Å². The third-order valence-electron chi connectivity index (χ3n) is 2.40. The molecule has 1 aromatic carbocycles. The second kappa shape index (κ2) is 3.65.